The number of hydrogen-bond acceptors (Lipinski definition) is 4. The number of Topliss-reactive ketones (excluding diaryl/α,β-unsaturated/α-hetero) is 1. The molecule has 6 heteroatoms. The van der Waals surface area contributed by atoms with Gasteiger partial charge in [0.2, 0.25) is 5.78 Å². The normalized spacial score (nSPS) is 39.2. The predicted molar refractivity (Wildman–Crippen MR) is 85.0 cm³/mol. The Bertz CT molecular complexity index is 548. The van der Waals surface area contributed by atoms with Crippen LogP contribution in [-0.4, -0.2) is 41.5 Å². The lowest BCUT2D eigenvalue weighted by Crippen LogP contribution is -2.45. The average molecular weight is 329 g/mol. The Morgan fingerprint density at radius 3 is 2.71 bits per heavy atom. The van der Waals surface area contributed by atoms with E-state index in [2.05, 4.69) is 33.9 Å². The van der Waals surface area contributed by atoms with Gasteiger partial charge in [0.1, 0.15) is 17.5 Å². The zero-order valence-electron chi connectivity index (χ0n) is 13.4. The van der Waals surface area contributed by atoms with Crippen molar-refractivity contribution in [3.63, 3.8) is 0 Å². The van der Waals surface area contributed by atoms with Crippen LogP contribution >= 0.6 is 0 Å². The Morgan fingerprint density at radius 2 is 2.10 bits per heavy atom. The monoisotopic (exact) mass is 328 g/mol. The number of ketones is 1. The molecule has 0 saturated carbocycles. The molecule has 3 aliphatic heterocycles. The van der Waals surface area contributed by atoms with Crippen molar-refractivity contribution in [2.24, 2.45) is 5.92 Å². The molecule has 3 heterocycles. The van der Waals surface area contributed by atoms with E-state index in [1.54, 1.807) is 0 Å². The minimum absolute atomic E-state index is 0.0226. The highest BCUT2D eigenvalue weighted by molar-refractivity contribution is 7.85. The van der Waals surface area contributed by atoms with Crippen molar-refractivity contribution in [2.45, 2.75) is 57.0 Å². The fourth-order valence-corrected chi connectivity index (χ4v) is 5.97. The van der Waals surface area contributed by atoms with Gasteiger partial charge < -0.3 is 9.16 Å². The maximum Gasteiger partial charge on any atom is 0.250 e. The van der Waals surface area contributed by atoms with Crippen LogP contribution in [0.3, 0.4) is 0 Å². The molecule has 2 saturated heterocycles. The zero-order chi connectivity index (χ0) is 15.6. The number of ether oxygens (including phenoxy) is 1. The molecular weight excluding hydrogens is 304 g/mol. The molecule has 0 aliphatic carbocycles. The summed E-state index contributed by atoms with van der Waals surface area (Å²) in [5.41, 5.74) is -0.513. The Morgan fingerprint density at radius 1 is 1.43 bits per heavy atom. The lowest BCUT2D eigenvalue weighted by Gasteiger charge is -2.39. The van der Waals surface area contributed by atoms with Crippen molar-refractivity contribution in [2.75, 3.05) is 11.5 Å². The molecule has 2 bridgehead atoms. The summed E-state index contributed by atoms with van der Waals surface area (Å²) in [6.45, 7) is 10.7. The van der Waals surface area contributed by atoms with E-state index in [-0.39, 0.29) is 16.7 Å². The molecule has 3 rings (SSSR count). The van der Waals surface area contributed by atoms with E-state index in [1.165, 1.54) is 0 Å². The first-order valence-corrected chi connectivity index (χ1v) is 11.9. The molecule has 1 unspecified atom stereocenters. The summed E-state index contributed by atoms with van der Waals surface area (Å²) in [5, 5.41) is 0.0427. The van der Waals surface area contributed by atoms with Crippen molar-refractivity contribution in [3.8, 4) is 0 Å². The molecule has 3 aliphatic rings. The van der Waals surface area contributed by atoms with Crippen LogP contribution in [0, 0.1) is 5.92 Å². The average Bonchev–Trinajstić information content (AvgIpc) is 2.73. The molecule has 4 atom stereocenters. The number of carbonyl (C=O) groups is 1. The molecule has 0 aromatic heterocycles. The topological polar surface area (TPSA) is 52.6 Å². The van der Waals surface area contributed by atoms with Crippen LogP contribution in [0.25, 0.3) is 0 Å². The highest BCUT2D eigenvalue weighted by Gasteiger charge is 2.59. The van der Waals surface area contributed by atoms with Crippen molar-refractivity contribution in [3.05, 3.63) is 11.8 Å². The van der Waals surface area contributed by atoms with Crippen LogP contribution in [0.4, 0.5) is 0 Å². The number of rotatable bonds is 2. The zero-order valence-corrected chi connectivity index (χ0v) is 15.2. The van der Waals surface area contributed by atoms with Crippen LogP contribution < -0.4 is 0 Å². The van der Waals surface area contributed by atoms with Crippen LogP contribution in [0.1, 0.15) is 27.2 Å². The number of hydrogen-bond donors (Lipinski definition) is 0. The second-order valence-corrected chi connectivity index (χ2v) is 14.2. The van der Waals surface area contributed by atoms with Crippen LogP contribution in [0.2, 0.25) is 18.1 Å². The fraction of sp³-hybridized carbons (Fsp3) is 0.800. The number of fused-ring (bicyclic) bond motifs is 1. The second kappa shape index (κ2) is 4.52. The third kappa shape index (κ3) is 2.35. The van der Waals surface area contributed by atoms with Crippen molar-refractivity contribution in [1.82, 2.24) is 0 Å². The highest BCUT2D eigenvalue weighted by Crippen LogP contribution is 2.48. The molecule has 0 aromatic rings. The third-order valence-corrected chi connectivity index (χ3v) is 11.3. The van der Waals surface area contributed by atoms with E-state index < -0.39 is 30.8 Å². The predicted octanol–water partition coefficient (Wildman–Crippen LogP) is 2.38. The molecule has 2 fully saturated rings. The van der Waals surface area contributed by atoms with Gasteiger partial charge in [0.15, 0.2) is 0 Å². The molecule has 0 amide bonds. The summed E-state index contributed by atoms with van der Waals surface area (Å²) in [7, 11) is -2.89. The van der Waals surface area contributed by atoms with Gasteiger partial charge in [0, 0.05) is 22.5 Å². The molecule has 4 nitrogen and oxygen atoms in total. The molecule has 118 valence electrons. The lowest BCUT2D eigenvalue weighted by atomic mass is 9.91. The maximum absolute atomic E-state index is 12.5. The van der Waals surface area contributed by atoms with Crippen molar-refractivity contribution >= 4 is 24.9 Å². The van der Waals surface area contributed by atoms with Gasteiger partial charge in [0.25, 0.3) is 8.32 Å². The van der Waals surface area contributed by atoms with E-state index in [0.29, 0.717) is 23.7 Å². The van der Waals surface area contributed by atoms with Gasteiger partial charge in [-0.25, -0.2) is 0 Å². The SMILES string of the molecule is CC(C)(C)[Si](C)(C)OC1=C[C@]23CS(=O)C[C@H]2C[C@@H](O3)C1=O. The van der Waals surface area contributed by atoms with E-state index in [4.69, 9.17) is 9.16 Å². The molecule has 1 spiro atoms. The largest absolute Gasteiger partial charge is 0.541 e. The number of carbonyl (C=O) groups excluding carboxylic acids is 1. The molecule has 0 aromatic carbocycles. The van der Waals surface area contributed by atoms with Crippen LogP contribution in [-0.2, 0) is 24.8 Å². The lowest BCUT2D eigenvalue weighted by molar-refractivity contribution is -0.133. The molecule has 21 heavy (non-hydrogen) atoms. The van der Waals surface area contributed by atoms with Gasteiger partial charge in [-0.1, -0.05) is 20.8 Å². The van der Waals surface area contributed by atoms with Crippen LogP contribution in [0.15, 0.2) is 11.8 Å². The summed E-state index contributed by atoms with van der Waals surface area (Å²) < 4.78 is 24.1. The molecule has 0 radical (unpaired) electrons. The smallest absolute Gasteiger partial charge is 0.250 e. The second-order valence-electron chi connectivity index (χ2n) is 7.98. The summed E-state index contributed by atoms with van der Waals surface area (Å²) >= 11 is 0. The third-order valence-electron chi connectivity index (χ3n) is 5.41. The minimum Gasteiger partial charge on any atom is -0.541 e. The summed E-state index contributed by atoms with van der Waals surface area (Å²) in [5.74, 6) is 1.80. The van der Waals surface area contributed by atoms with Crippen molar-refractivity contribution < 1.29 is 18.2 Å². The summed E-state index contributed by atoms with van der Waals surface area (Å²) in [6, 6.07) is 0. The van der Waals surface area contributed by atoms with Gasteiger partial charge in [-0.2, -0.15) is 0 Å². The quantitative estimate of drug-likeness (QED) is 0.730. The first-order chi connectivity index (χ1) is 9.54. The Hall–Kier alpha value is -0.463. The standard InChI is InChI=1S/C15H24O4SSi/c1-14(2,3)21(4,5)19-12-7-15-9-20(17)8-10(15)6-11(18-15)13(12)16/h7,10-11H,6,8-9H2,1-5H3/t10-,11-,15+,20?/m1/s1. The van der Waals surface area contributed by atoms with Gasteiger partial charge in [-0.05, 0) is 30.6 Å². The highest BCUT2D eigenvalue weighted by atomic mass is 32.2. The van der Waals surface area contributed by atoms with E-state index >= 15 is 0 Å². The van der Waals surface area contributed by atoms with Crippen LogP contribution in [0.5, 0.6) is 0 Å². The fourth-order valence-electron chi connectivity index (χ4n) is 3.08. The maximum atomic E-state index is 12.5. The van der Waals surface area contributed by atoms with E-state index in [1.807, 2.05) is 6.08 Å². The molecular formula is C15H24O4SSi. The minimum atomic E-state index is -2.05. The van der Waals surface area contributed by atoms with Gasteiger partial charge in [0.05, 0.1) is 5.75 Å². The first kappa shape index (κ1) is 15.4. The van der Waals surface area contributed by atoms with E-state index in [9.17, 15) is 9.00 Å². The summed E-state index contributed by atoms with van der Waals surface area (Å²) in [4.78, 5) is 12.5. The van der Waals surface area contributed by atoms with Gasteiger partial charge >= 0.3 is 0 Å². The van der Waals surface area contributed by atoms with Gasteiger partial charge in [-0.3, -0.25) is 9.00 Å². The Kier molecular flexibility index (Phi) is 3.32. The Balaban J connectivity index is 1.93. The van der Waals surface area contributed by atoms with E-state index in [0.717, 1.165) is 0 Å². The van der Waals surface area contributed by atoms with Gasteiger partial charge in [-0.15, -0.1) is 0 Å². The first-order valence-electron chi connectivity index (χ1n) is 7.53. The summed E-state index contributed by atoms with van der Waals surface area (Å²) in [6.07, 6.45) is 2.15. The Labute approximate surface area is 129 Å². The van der Waals surface area contributed by atoms with Crippen molar-refractivity contribution in [1.29, 1.82) is 0 Å². The molecule has 0 N–H and O–H groups in total.